The Kier molecular flexibility index (Phi) is 4.30. The molecule has 2 rings (SSSR count). The molecule has 22 heavy (non-hydrogen) atoms. The number of nitrogens with zero attached hydrogens (tertiary/aromatic N) is 1. The maximum absolute atomic E-state index is 13.8. The van der Waals surface area contributed by atoms with Gasteiger partial charge >= 0.3 is 5.97 Å². The lowest BCUT2D eigenvalue weighted by Gasteiger charge is -2.36. The van der Waals surface area contributed by atoms with Crippen molar-refractivity contribution in [1.29, 1.82) is 0 Å². The van der Waals surface area contributed by atoms with Crippen LogP contribution in [0.25, 0.3) is 0 Å². The second kappa shape index (κ2) is 5.86. The summed E-state index contributed by atoms with van der Waals surface area (Å²) in [4.78, 5) is 24.4. The van der Waals surface area contributed by atoms with Crippen molar-refractivity contribution in [3.63, 3.8) is 0 Å². The lowest BCUT2D eigenvalue weighted by molar-refractivity contribution is -0.143. The summed E-state index contributed by atoms with van der Waals surface area (Å²) in [5.41, 5.74) is -0.825. The van der Waals surface area contributed by atoms with Gasteiger partial charge in [0.2, 0.25) is 5.82 Å². The smallest absolute Gasteiger partial charge is 0.308 e. The number of benzene rings is 1. The number of halogens is 3. The quantitative estimate of drug-likeness (QED) is 0.819. The maximum Gasteiger partial charge on any atom is 0.308 e. The number of likely N-dealkylation sites (tertiary alicyclic amines) is 1. The lowest BCUT2D eigenvalue weighted by atomic mass is 9.93. The van der Waals surface area contributed by atoms with Gasteiger partial charge in [-0.05, 0) is 25.8 Å². The molecule has 1 fully saturated rings. The first-order valence-electron chi connectivity index (χ1n) is 6.64. The highest BCUT2D eigenvalue weighted by molar-refractivity contribution is 5.95. The summed E-state index contributed by atoms with van der Waals surface area (Å²) < 4.78 is 40.1. The zero-order valence-electron chi connectivity index (χ0n) is 11.6. The predicted octanol–water partition coefficient (Wildman–Crippen LogP) is 2.13. The molecular formula is C14H14F3NO4. The number of carbonyl (C=O) groups excluding carboxylic acids is 1. The first-order chi connectivity index (χ1) is 10.2. The van der Waals surface area contributed by atoms with E-state index in [4.69, 9.17) is 10.2 Å². The number of hydrogen-bond donors (Lipinski definition) is 2. The van der Waals surface area contributed by atoms with Crippen LogP contribution in [0.3, 0.4) is 0 Å². The van der Waals surface area contributed by atoms with Gasteiger partial charge in [0.1, 0.15) is 0 Å². The third-order valence-corrected chi connectivity index (χ3v) is 3.86. The highest BCUT2D eigenvalue weighted by Crippen LogP contribution is 2.29. The van der Waals surface area contributed by atoms with Crippen molar-refractivity contribution >= 4 is 11.9 Å². The van der Waals surface area contributed by atoms with E-state index in [1.165, 1.54) is 0 Å². The van der Waals surface area contributed by atoms with Gasteiger partial charge in [-0.3, -0.25) is 9.59 Å². The van der Waals surface area contributed by atoms with Crippen LogP contribution in [0.2, 0.25) is 0 Å². The molecule has 2 N–H and O–H groups in total. The first-order valence-corrected chi connectivity index (χ1v) is 6.64. The minimum Gasteiger partial charge on any atom is -0.503 e. The average Bonchev–Trinajstić information content (AvgIpc) is 2.48. The Morgan fingerprint density at radius 1 is 1.23 bits per heavy atom. The number of carboxylic acid groups (broad SMARTS) is 1. The maximum atomic E-state index is 13.8. The third-order valence-electron chi connectivity index (χ3n) is 3.86. The molecular weight excluding hydrogens is 303 g/mol. The van der Waals surface area contributed by atoms with Crippen LogP contribution in [0.5, 0.6) is 5.75 Å². The van der Waals surface area contributed by atoms with E-state index in [1.54, 1.807) is 6.92 Å². The summed E-state index contributed by atoms with van der Waals surface area (Å²) >= 11 is 0. The number of carbonyl (C=O) groups is 2. The van der Waals surface area contributed by atoms with Crippen LogP contribution in [-0.2, 0) is 4.79 Å². The van der Waals surface area contributed by atoms with Gasteiger partial charge in [0, 0.05) is 12.6 Å². The van der Waals surface area contributed by atoms with E-state index in [0.717, 1.165) is 4.90 Å². The molecule has 0 radical (unpaired) electrons. The molecule has 1 aliphatic heterocycles. The van der Waals surface area contributed by atoms with Crippen molar-refractivity contribution < 1.29 is 33.0 Å². The van der Waals surface area contributed by atoms with Crippen LogP contribution in [-0.4, -0.2) is 39.6 Å². The van der Waals surface area contributed by atoms with Gasteiger partial charge in [-0.1, -0.05) is 0 Å². The number of amides is 1. The number of phenols is 1. The molecule has 8 heteroatoms. The Balaban J connectivity index is 2.36. The molecule has 0 spiro atoms. The lowest BCUT2D eigenvalue weighted by Crippen LogP contribution is -2.47. The normalized spacial score (nSPS) is 21.7. The van der Waals surface area contributed by atoms with E-state index in [2.05, 4.69) is 0 Å². The first kappa shape index (κ1) is 16.1. The van der Waals surface area contributed by atoms with Crippen LogP contribution in [0, 0.1) is 23.4 Å². The molecule has 0 aliphatic carbocycles. The molecule has 1 heterocycles. The molecule has 0 aromatic heterocycles. The minimum absolute atomic E-state index is 0.158. The number of hydrogen-bond acceptors (Lipinski definition) is 3. The van der Waals surface area contributed by atoms with Crippen molar-refractivity contribution in [2.45, 2.75) is 25.8 Å². The Morgan fingerprint density at radius 3 is 2.45 bits per heavy atom. The Morgan fingerprint density at radius 2 is 1.86 bits per heavy atom. The van der Waals surface area contributed by atoms with Gasteiger partial charge in [-0.25, -0.2) is 8.78 Å². The van der Waals surface area contributed by atoms with Crippen LogP contribution in [0.15, 0.2) is 6.07 Å². The molecule has 1 aromatic carbocycles. The standard InChI is InChI=1S/C14H14F3NO4/c1-6-2-3-7(14(21)22)5-18(6)13(20)8-4-9(15)11(17)12(19)10(8)16/h4,6-7,19H,2-3,5H2,1H3,(H,21,22). The number of carboxylic acids is 1. The highest BCUT2D eigenvalue weighted by atomic mass is 19.2. The van der Waals surface area contributed by atoms with E-state index in [0.29, 0.717) is 18.9 Å². The summed E-state index contributed by atoms with van der Waals surface area (Å²) in [5, 5.41) is 18.2. The fraction of sp³-hybridized carbons (Fsp3) is 0.429. The Labute approximate surface area is 124 Å². The minimum atomic E-state index is -1.77. The van der Waals surface area contributed by atoms with Crippen molar-refractivity contribution in [1.82, 2.24) is 4.90 Å². The van der Waals surface area contributed by atoms with Crippen LogP contribution in [0.1, 0.15) is 30.1 Å². The van der Waals surface area contributed by atoms with Gasteiger partial charge < -0.3 is 15.1 Å². The summed E-state index contributed by atoms with van der Waals surface area (Å²) in [7, 11) is 0. The molecule has 1 amide bonds. The van der Waals surface area contributed by atoms with E-state index >= 15 is 0 Å². The number of phenolic OH excluding ortho intramolecular Hbond substituents is 1. The number of aromatic hydroxyl groups is 1. The molecule has 2 atom stereocenters. The van der Waals surface area contributed by atoms with Gasteiger partial charge in [0.05, 0.1) is 11.5 Å². The van der Waals surface area contributed by atoms with Crippen molar-refractivity contribution in [3.8, 4) is 5.75 Å². The van der Waals surface area contributed by atoms with E-state index < -0.39 is 46.6 Å². The molecule has 120 valence electrons. The zero-order chi connectivity index (χ0) is 16.6. The van der Waals surface area contributed by atoms with Crippen LogP contribution >= 0.6 is 0 Å². The molecule has 1 aliphatic rings. The molecule has 1 saturated heterocycles. The highest BCUT2D eigenvalue weighted by Gasteiger charge is 2.35. The molecule has 0 bridgehead atoms. The van der Waals surface area contributed by atoms with Crippen LogP contribution < -0.4 is 0 Å². The summed E-state index contributed by atoms with van der Waals surface area (Å²) in [6.07, 6.45) is 0.756. The molecule has 5 nitrogen and oxygen atoms in total. The number of piperidine rings is 1. The van der Waals surface area contributed by atoms with Crippen molar-refractivity contribution in [2.24, 2.45) is 5.92 Å². The van der Waals surface area contributed by atoms with Gasteiger partial charge in [0.15, 0.2) is 17.4 Å². The molecule has 1 aromatic rings. The third kappa shape index (κ3) is 2.72. The summed E-state index contributed by atoms with van der Waals surface area (Å²) in [5.74, 6) is -9.33. The average molecular weight is 317 g/mol. The Hall–Kier alpha value is -2.25. The number of rotatable bonds is 2. The van der Waals surface area contributed by atoms with E-state index in [1.807, 2.05) is 0 Å². The van der Waals surface area contributed by atoms with Gasteiger partial charge in [-0.15, -0.1) is 0 Å². The van der Waals surface area contributed by atoms with E-state index in [9.17, 15) is 22.8 Å². The second-order valence-corrected chi connectivity index (χ2v) is 5.30. The van der Waals surface area contributed by atoms with Crippen molar-refractivity contribution in [3.05, 3.63) is 29.1 Å². The fourth-order valence-corrected chi connectivity index (χ4v) is 2.49. The second-order valence-electron chi connectivity index (χ2n) is 5.30. The summed E-state index contributed by atoms with van der Waals surface area (Å²) in [6.45, 7) is 1.49. The van der Waals surface area contributed by atoms with Crippen LogP contribution in [0.4, 0.5) is 13.2 Å². The number of aliphatic carboxylic acids is 1. The van der Waals surface area contributed by atoms with Gasteiger partial charge in [-0.2, -0.15) is 4.39 Å². The SMILES string of the molecule is CC1CCC(C(=O)O)CN1C(=O)c1cc(F)c(F)c(O)c1F. The monoisotopic (exact) mass is 317 g/mol. The summed E-state index contributed by atoms with van der Waals surface area (Å²) in [6, 6.07) is -0.0122. The molecule has 2 unspecified atom stereocenters. The Bertz CT molecular complexity index is 635. The predicted molar refractivity (Wildman–Crippen MR) is 68.8 cm³/mol. The zero-order valence-corrected chi connectivity index (χ0v) is 11.6. The van der Waals surface area contributed by atoms with Crippen molar-refractivity contribution in [2.75, 3.05) is 6.54 Å². The molecule has 0 saturated carbocycles. The van der Waals surface area contributed by atoms with E-state index in [-0.39, 0.29) is 12.6 Å². The largest absolute Gasteiger partial charge is 0.503 e. The fourth-order valence-electron chi connectivity index (χ4n) is 2.49. The van der Waals surface area contributed by atoms with Gasteiger partial charge in [0.25, 0.3) is 5.91 Å². The topological polar surface area (TPSA) is 77.8 Å².